The van der Waals surface area contributed by atoms with E-state index in [1.165, 1.54) is 11.8 Å². The summed E-state index contributed by atoms with van der Waals surface area (Å²) in [5, 5.41) is 0. The van der Waals surface area contributed by atoms with Crippen molar-refractivity contribution in [1.29, 1.82) is 0 Å². The molecule has 2 N–H and O–H groups in total. The van der Waals surface area contributed by atoms with Gasteiger partial charge in [-0.2, -0.15) is 0 Å². The number of benzene rings is 1. The minimum absolute atomic E-state index is 0. The van der Waals surface area contributed by atoms with Crippen LogP contribution in [0.2, 0.25) is 0 Å². The zero-order valence-corrected chi connectivity index (χ0v) is 12.7. The van der Waals surface area contributed by atoms with Crippen molar-refractivity contribution in [1.82, 2.24) is 0 Å². The molecule has 2 rings (SSSR count). The number of rotatable bonds is 7. The highest BCUT2D eigenvalue weighted by Gasteiger charge is 2.14. The fourth-order valence-electron chi connectivity index (χ4n) is 1.74. The highest BCUT2D eigenvalue weighted by Crippen LogP contribution is 2.13. The Labute approximate surface area is 129 Å². The molecule has 2 aromatic rings. The normalized spacial score (nSPS) is 11.7. The van der Waals surface area contributed by atoms with E-state index in [0.717, 1.165) is 11.3 Å². The van der Waals surface area contributed by atoms with Gasteiger partial charge in [-0.3, -0.25) is 4.79 Å². The number of hydrogen-bond donors (Lipinski definition) is 1. The van der Waals surface area contributed by atoms with Crippen LogP contribution in [0.4, 0.5) is 0 Å². The van der Waals surface area contributed by atoms with Crippen LogP contribution in [0.1, 0.15) is 11.3 Å². The zero-order valence-electron chi connectivity index (χ0n) is 11.0. The minimum Gasteiger partial charge on any atom is -0.468 e. The Kier molecular flexibility index (Phi) is 7.44. The summed E-state index contributed by atoms with van der Waals surface area (Å²) < 4.78 is 5.21. The van der Waals surface area contributed by atoms with Crippen LogP contribution in [0.5, 0.6) is 0 Å². The molecule has 0 bridgehead atoms. The van der Waals surface area contributed by atoms with Crippen molar-refractivity contribution in [3.05, 3.63) is 60.1 Å². The smallest absolute Gasteiger partial charge is 0.159 e. The van der Waals surface area contributed by atoms with E-state index >= 15 is 0 Å². The molecular weight excluding hydrogens is 294 g/mol. The molecule has 0 fully saturated rings. The average Bonchev–Trinajstić information content (AvgIpc) is 2.93. The minimum atomic E-state index is -0.425. The van der Waals surface area contributed by atoms with Crippen molar-refractivity contribution < 1.29 is 9.21 Å². The van der Waals surface area contributed by atoms with Gasteiger partial charge in [-0.05, 0) is 24.1 Å². The number of carbonyl (C=O) groups is 1. The number of nitrogens with two attached hydrogens (primary N) is 1. The lowest BCUT2D eigenvalue weighted by Gasteiger charge is -2.10. The first-order chi connectivity index (χ1) is 9.25. The summed E-state index contributed by atoms with van der Waals surface area (Å²) >= 11 is 1.53. The molecule has 0 amide bonds. The molecule has 0 aliphatic rings. The Bertz CT molecular complexity index is 502. The van der Waals surface area contributed by atoms with Crippen molar-refractivity contribution in [2.24, 2.45) is 5.73 Å². The van der Waals surface area contributed by atoms with Crippen LogP contribution >= 0.6 is 24.2 Å². The number of carbonyl (C=O) groups excluding carboxylic acids is 1. The van der Waals surface area contributed by atoms with E-state index in [1.54, 1.807) is 6.26 Å². The summed E-state index contributed by atoms with van der Waals surface area (Å²) in [5.41, 5.74) is 7.02. The summed E-state index contributed by atoms with van der Waals surface area (Å²) in [4.78, 5) is 11.9. The van der Waals surface area contributed by atoms with Gasteiger partial charge in [0, 0.05) is 0 Å². The van der Waals surface area contributed by atoms with Gasteiger partial charge >= 0.3 is 0 Å². The first kappa shape index (κ1) is 16.8. The second-order valence-corrected chi connectivity index (χ2v) is 5.32. The van der Waals surface area contributed by atoms with Crippen molar-refractivity contribution in [2.75, 3.05) is 5.75 Å². The van der Waals surface area contributed by atoms with E-state index in [9.17, 15) is 4.79 Å². The Balaban J connectivity index is 0.00000200. The van der Waals surface area contributed by atoms with Gasteiger partial charge in [-0.1, -0.05) is 30.3 Å². The number of furan rings is 1. The quantitative estimate of drug-likeness (QED) is 0.854. The van der Waals surface area contributed by atoms with Gasteiger partial charge in [0.2, 0.25) is 0 Å². The van der Waals surface area contributed by atoms with Crippen LogP contribution in [0.3, 0.4) is 0 Å². The highest BCUT2D eigenvalue weighted by molar-refractivity contribution is 7.99. The fourth-order valence-corrected chi connectivity index (χ4v) is 2.62. The third-order valence-electron chi connectivity index (χ3n) is 2.78. The lowest BCUT2D eigenvalue weighted by Crippen LogP contribution is -2.34. The molecule has 1 heterocycles. The molecule has 0 aliphatic carbocycles. The fraction of sp³-hybridized carbons (Fsp3) is 0.267. The highest BCUT2D eigenvalue weighted by atomic mass is 35.5. The second kappa shape index (κ2) is 8.84. The predicted molar refractivity (Wildman–Crippen MR) is 85.2 cm³/mol. The molecule has 0 spiro atoms. The van der Waals surface area contributed by atoms with E-state index < -0.39 is 6.04 Å². The molecule has 5 heteroatoms. The van der Waals surface area contributed by atoms with Gasteiger partial charge in [-0.25, -0.2) is 0 Å². The Morgan fingerprint density at radius 3 is 2.60 bits per heavy atom. The molecule has 0 saturated heterocycles. The lowest BCUT2D eigenvalue weighted by molar-refractivity contribution is -0.117. The van der Waals surface area contributed by atoms with E-state index in [1.807, 2.05) is 42.5 Å². The van der Waals surface area contributed by atoms with Crippen LogP contribution in [-0.2, 0) is 17.0 Å². The van der Waals surface area contributed by atoms with Crippen LogP contribution in [-0.4, -0.2) is 17.6 Å². The first-order valence-corrected chi connectivity index (χ1v) is 7.33. The lowest BCUT2D eigenvalue weighted by atomic mass is 10.0. The molecule has 0 saturated carbocycles. The van der Waals surface area contributed by atoms with Crippen LogP contribution in [0.25, 0.3) is 0 Å². The molecule has 0 radical (unpaired) electrons. The van der Waals surface area contributed by atoms with Gasteiger partial charge in [0.25, 0.3) is 0 Å². The Hall–Kier alpha value is -1.23. The third-order valence-corrected chi connectivity index (χ3v) is 3.76. The number of halogens is 1. The summed E-state index contributed by atoms with van der Waals surface area (Å²) in [6, 6.07) is 13.2. The number of Topliss-reactive ketones (excluding diaryl/α,β-unsaturated/α-hetero) is 1. The molecule has 1 aromatic heterocycles. The van der Waals surface area contributed by atoms with Crippen LogP contribution in [0, 0.1) is 0 Å². The van der Waals surface area contributed by atoms with Crippen molar-refractivity contribution in [2.45, 2.75) is 18.2 Å². The molecular formula is C15H18ClNO2S. The van der Waals surface area contributed by atoms with Crippen molar-refractivity contribution in [3.63, 3.8) is 0 Å². The van der Waals surface area contributed by atoms with E-state index in [2.05, 4.69) is 0 Å². The first-order valence-electron chi connectivity index (χ1n) is 6.18. The van der Waals surface area contributed by atoms with Gasteiger partial charge < -0.3 is 10.2 Å². The molecule has 108 valence electrons. The van der Waals surface area contributed by atoms with Crippen molar-refractivity contribution >= 4 is 30.0 Å². The Morgan fingerprint density at radius 1 is 1.20 bits per heavy atom. The monoisotopic (exact) mass is 311 g/mol. The number of thioether (sulfide) groups is 1. The third kappa shape index (κ3) is 5.41. The Morgan fingerprint density at radius 2 is 1.95 bits per heavy atom. The standard InChI is InChI=1S/C15H17NO2S.ClH/c16-14(9-12-5-2-1-3-6-12)15(17)11-19-10-13-7-4-8-18-13;/h1-8,14H,9-11,16H2;1H/t14-;/m0./s1. The molecule has 1 atom stereocenters. The second-order valence-electron chi connectivity index (χ2n) is 4.33. The summed E-state index contributed by atoms with van der Waals surface area (Å²) in [6.45, 7) is 0. The summed E-state index contributed by atoms with van der Waals surface area (Å²) in [5.74, 6) is 2.10. The van der Waals surface area contributed by atoms with Crippen molar-refractivity contribution in [3.8, 4) is 0 Å². The maximum Gasteiger partial charge on any atom is 0.159 e. The molecule has 1 aromatic carbocycles. The van der Waals surface area contributed by atoms with Gasteiger partial charge in [0.05, 0.1) is 23.8 Å². The molecule has 20 heavy (non-hydrogen) atoms. The number of hydrogen-bond acceptors (Lipinski definition) is 4. The molecule has 0 unspecified atom stereocenters. The zero-order chi connectivity index (χ0) is 13.5. The van der Waals surface area contributed by atoms with Crippen LogP contribution in [0.15, 0.2) is 53.1 Å². The average molecular weight is 312 g/mol. The largest absolute Gasteiger partial charge is 0.468 e. The van der Waals surface area contributed by atoms with E-state index in [4.69, 9.17) is 10.2 Å². The number of ketones is 1. The molecule has 3 nitrogen and oxygen atoms in total. The van der Waals surface area contributed by atoms with Gasteiger partial charge in [-0.15, -0.1) is 24.2 Å². The van der Waals surface area contributed by atoms with E-state index in [-0.39, 0.29) is 18.2 Å². The maximum atomic E-state index is 11.9. The van der Waals surface area contributed by atoms with E-state index in [0.29, 0.717) is 17.9 Å². The van der Waals surface area contributed by atoms with Crippen LogP contribution < -0.4 is 5.73 Å². The predicted octanol–water partition coefficient (Wildman–Crippen LogP) is 3.07. The maximum absolute atomic E-state index is 11.9. The SMILES string of the molecule is Cl.N[C@@H](Cc1ccccc1)C(=O)CSCc1ccco1. The molecule has 0 aliphatic heterocycles. The topological polar surface area (TPSA) is 56.2 Å². The van der Waals surface area contributed by atoms with Gasteiger partial charge in [0.1, 0.15) is 5.76 Å². The summed E-state index contributed by atoms with van der Waals surface area (Å²) in [6.07, 6.45) is 2.24. The summed E-state index contributed by atoms with van der Waals surface area (Å²) in [7, 11) is 0. The van der Waals surface area contributed by atoms with Gasteiger partial charge in [0.15, 0.2) is 5.78 Å².